The molecular formula is C21H21F3N8O2S. The lowest BCUT2D eigenvalue weighted by molar-refractivity contribution is -0.0566. The Balaban J connectivity index is 1.53. The summed E-state index contributed by atoms with van der Waals surface area (Å²) in [5.41, 5.74) is -3.60. The van der Waals surface area contributed by atoms with Crippen LogP contribution in [0.4, 0.5) is 13.2 Å². The molecule has 0 bridgehead atoms. The molecule has 0 aromatic carbocycles. The van der Waals surface area contributed by atoms with Crippen LogP contribution in [0.2, 0.25) is 0 Å². The summed E-state index contributed by atoms with van der Waals surface area (Å²) in [6, 6.07) is 1.82. The van der Waals surface area contributed by atoms with Gasteiger partial charge in [0, 0.05) is 56.6 Å². The van der Waals surface area contributed by atoms with Crippen LogP contribution in [0, 0.1) is 0 Å². The summed E-state index contributed by atoms with van der Waals surface area (Å²) in [7, 11) is -3.61. The van der Waals surface area contributed by atoms with Crippen LogP contribution in [0.1, 0.15) is 13.3 Å². The molecule has 5 heterocycles. The number of halogens is 3. The molecule has 0 saturated carbocycles. The highest BCUT2D eigenvalue weighted by atomic mass is 32.2. The number of sulfonamides is 1. The van der Waals surface area contributed by atoms with E-state index in [1.807, 2.05) is 12.3 Å². The van der Waals surface area contributed by atoms with Crippen molar-refractivity contribution >= 4 is 15.7 Å². The van der Waals surface area contributed by atoms with Crippen LogP contribution in [0.15, 0.2) is 55.4 Å². The zero-order valence-electron chi connectivity index (χ0n) is 18.8. The van der Waals surface area contributed by atoms with Gasteiger partial charge in [0.2, 0.25) is 0 Å². The number of aromatic nitrogens is 7. The quantitative estimate of drug-likeness (QED) is 0.373. The molecule has 4 aromatic heterocycles. The Hall–Kier alpha value is -3.52. The topological polar surface area (TPSA) is 103 Å². The van der Waals surface area contributed by atoms with E-state index in [1.54, 1.807) is 66.2 Å². The summed E-state index contributed by atoms with van der Waals surface area (Å²) >= 11 is 0. The fourth-order valence-corrected chi connectivity index (χ4v) is 5.27. The first-order valence-corrected chi connectivity index (χ1v) is 12.0. The van der Waals surface area contributed by atoms with Gasteiger partial charge >= 0.3 is 15.5 Å². The van der Waals surface area contributed by atoms with Gasteiger partial charge in [-0.1, -0.05) is 12.2 Å². The summed E-state index contributed by atoms with van der Waals surface area (Å²) in [6.45, 7) is 1.10. The predicted octanol–water partition coefficient (Wildman–Crippen LogP) is 2.82. The second-order valence-corrected chi connectivity index (χ2v) is 10.3. The van der Waals surface area contributed by atoms with E-state index in [9.17, 15) is 21.6 Å². The van der Waals surface area contributed by atoms with Crippen molar-refractivity contribution in [1.29, 1.82) is 0 Å². The van der Waals surface area contributed by atoms with E-state index in [2.05, 4.69) is 15.2 Å². The molecule has 10 nitrogen and oxygen atoms in total. The van der Waals surface area contributed by atoms with E-state index in [4.69, 9.17) is 4.98 Å². The lowest BCUT2D eigenvalue weighted by Crippen LogP contribution is -2.65. The molecule has 1 saturated heterocycles. The second-order valence-electron chi connectivity index (χ2n) is 8.41. The Labute approximate surface area is 198 Å². The van der Waals surface area contributed by atoms with Crippen LogP contribution in [0.25, 0.3) is 28.3 Å². The smallest absolute Gasteiger partial charge is 0.284 e. The van der Waals surface area contributed by atoms with E-state index in [1.165, 1.54) is 4.68 Å². The summed E-state index contributed by atoms with van der Waals surface area (Å²) in [5.74, 6) is 0.533. The van der Waals surface area contributed by atoms with Gasteiger partial charge in [-0.25, -0.2) is 18.4 Å². The molecule has 184 valence electrons. The van der Waals surface area contributed by atoms with Gasteiger partial charge in [-0.05, 0) is 13.3 Å². The van der Waals surface area contributed by atoms with Crippen molar-refractivity contribution in [3.8, 4) is 22.6 Å². The van der Waals surface area contributed by atoms with E-state index >= 15 is 0 Å². The number of nitrogens with zero attached hydrogens (tertiary/aromatic N) is 8. The number of imidazole rings is 1. The minimum Gasteiger partial charge on any atom is -0.284 e. The molecule has 14 heteroatoms. The third kappa shape index (κ3) is 3.82. The highest BCUT2D eigenvalue weighted by molar-refractivity contribution is 7.90. The third-order valence-corrected chi connectivity index (χ3v) is 7.55. The van der Waals surface area contributed by atoms with Crippen molar-refractivity contribution in [2.75, 3.05) is 13.1 Å². The van der Waals surface area contributed by atoms with Crippen LogP contribution in [0.5, 0.6) is 0 Å². The summed E-state index contributed by atoms with van der Waals surface area (Å²) < 4.78 is 68.3. The monoisotopic (exact) mass is 506 g/mol. The van der Waals surface area contributed by atoms with Crippen molar-refractivity contribution in [1.82, 2.24) is 38.2 Å². The van der Waals surface area contributed by atoms with Gasteiger partial charge in [-0.3, -0.25) is 13.8 Å². The van der Waals surface area contributed by atoms with Crippen LogP contribution in [-0.4, -0.2) is 65.3 Å². The number of aryl methyl sites for hydroxylation is 1. The lowest BCUT2D eigenvalue weighted by atomic mass is 9.88. The fourth-order valence-electron chi connectivity index (χ4n) is 4.16. The first-order chi connectivity index (χ1) is 16.5. The zero-order chi connectivity index (χ0) is 25.0. The van der Waals surface area contributed by atoms with Crippen LogP contribution in [0.3, 0.4) is 0 Å². The average Bonchev–Trinajstić information content (AvgIpc) is 3.52. The van der Waals surface area contributed by atoms with Gasteiger partial charge < -0.3 is 0 Å². The first-order valence-electron chi connectivity index (χ1n) is 10.6. The van der Waals surface area contributed by atoms with Crippen LogP contribution < -0.4 is 0 Å². The van der Waals surface area contributed by atoms with Crippen LogP contribution in [-0.2, 0) is 22.6 Å². The van der Waals surface area contributed by atoms with Gasteiger partial charge in [0.05, 0.1) is 29.2 Å². The number of rotatable bonds is 6. The van der Waals surface area contributed by atoms with Gasteiger partial charge in [0.1, 0.15) is 11.5 Å². The van der Waals surface area contributed by atoms with E-state index < -0.39 is 21.1 Å². The lowest BCUT2D eigenvalue weighted by Gasteiger charge is -2.48. The molecule has 1 aliphatic heterocycles. The molecule has 0 N–H and O–H groups in total. The molecule has 1 aliphatic rings. The maximum absolute atomic E-state index is 13.0. The maximum Gasteiger partial charge on any atom is 0.511 e. The minimum absolute atomic E-state index is 0.318. The molecule has 1 fully saturated rings. The average molecular weight is 507 g/mol. The highest BCUT2D eigenvalue weighted by Crippen LogP contribution is 2.40. The van der Waals surface area contributed by atoms with E-state index in [0.717, 1.165) is 5.56 Å². The number of allylic oxidation sites excluding steroid dienone is 2. The van der Waals surface area contributed by atoms with Gasteiger partial charge in [0.25, 0.3) is 0 Å². The van der Waals surface area contributed by atoms with Crippen molar-refractivity contribution in [2.45, 2.75) is 24.4 Å². The number of alkyl halides is 3. The Morgan fingerprint density at radius 3 is 2.54 bits per heavy atom. The number of hydrogen-bond donors (Lipinski definition) is 0. The normalized spacial score (nSPS) is 16.8. The van der Waals surface area contributed by atoms with Gasteiger partial charge in [-0.15, -0.1) is 0 Å². The van der Waals surface area contributed by atoms with Crippen molar-refractivity contribution in [2.24, 2.45) is 7.05 Å². The van der Waals surface area contributed by atoms with Gasteiger partial charge in [0.15, 0.2) is 0 Å². The Morgan fingerprint density at radius 1 is 1.14 bits per heavy atom. The maximum atomic E-state index is 13.0. The third-order valence-electron chi connectivity index (χ3n) is 6.02. The molecule has 0 amide bonds. The van der Waals surface area contributed by atoms with Gasteiger partial charge in [-0.2, -0.15) is 27.7 Å². The molecule has 0 spiro atoms. The molecule has 0 atom stereocenters. The molecule has 0 aliphatic carbocycles. The SMILES string of the molecule is C/C=C\CC1(n2cc(-c3nc(-c4cnn(C)c4)cc4nccn34)cn2)CN(S(=O)(=O)C(F)(F)F)C1. The molecule has 0 radical (unpaired) electrons. The Kier molecular flexibility index (Phi) is 5.32. The largest absolute Gasteiger partial charge is 0.511 e. The number of hydrogen-bond acceptors (Lipinski definition) is 6. The molecule has 4 aromatic rings. The van der Waals surface area contributed by atoms with E-state index in [0.29, 0.717) is 33.5 Å². The minimum atomic E-state index is -5.41. The molecule has 5 rings (SSSR count). The predicted molar refractivity (Wildman–Crippen MR) is 120 cm³/mol. The van der Waals surface area contributed by atoms with Crippen molar-refractivity contribution < 1.29 is 21.6 Å². The van der Waals surface area contributed by atoms with Crippen LogP contribution >= 0.6 is 0 Å². The first kappa shape index (κ1) is 23.2. The fraction of sp³-hybridized carbons (Fsp3) is 0.333. The Morgan fingerprint density at radius 2 is 1.89 bits per heavy atom. The van der Waals surface area contributed by atoms with Crippen molar-refractivity contribution in [3.05, 3.63) is 55.4 Å². The Bertz CT molecular complexity index is 1530. The summed E-state index contributed by atoms with van der Waals surface area (Å²) in [5, 5.41) is 8.59. The number of fused-ring (bicyclic) bond motifs is 1. The standard InChI is InChI=1S/C21H21F3N8O2S/c1-3-4-5-20(13-30(14-20)35(33,34)21(22,23)24)32-12-16(10-27-32)19-28-17(15-9-26-29(2)11-15)8-18-25-6-7-31(18)19/h3-4,6-12H,5,13-14H2,1-2H3/b4-3-. The zero-order valence-corrected chi connectivity index (χ0v) is 19.6. The summed E-state index contributed by atoms with van der Waals surface area (Å²) in [6.07, 6.45) is 14.0. The van der Waals surface area contributed by atoms with E-state index in [-0.39, 0.29) is 13.1 Å². The second kappa shape index (κ2) is 8.02. The molecular weight excluding hydrogens is 485 g/mol. The molecule has 0 unspecified atom stereocenters. The van der Waals surface area contributed by atoms with Crippen molar-refractivity contribution in [3.63, 3.8) is 0 Å². The highest BCUT2D eigenvalue weighted by Gasteiger charge is 2.58. The summed E-state index contributed by atoms with van der Waals surface area (Å²) in [4.78, 5) is 9.12. The molecule has 35 heavy (non-hydrogen) atoms.